The summed E-state index contributed by atoms with van der Waals surface area (Å²) in [6, 6.07) is 9.60. The average Bonchev–Trinajstić information content (AvgIpc) is 2.82. The summed E-state index contributed by atoms with van der Waals surface area (Å²) >= 11 is 0. The molecule has 0 aliphatic rings. The van der Waals surface area contributed by atoms with Gasteiger partial charge in [-0.15, -0.1) is 0 Å². The Morgan fingerprint density at radius 1 is 1.29 bits per heavy atom. The maximum atomic E-state index is 10.5. The van der Waals surface area contributed by atoms with E-state index < -0.39 is 5.54 Å². The van der Waals surface area contributed by atoms with Crippen molar-refractivity contribution >= 4 is 6.08 Å². The Bertz CT molecular complexity index is 552. The predicted octanol–water partition coefficient (Wildman–Crippen LogP) is 2.44. The minimum atomic E-state index is -0.607. The van der Waals surface area contributed by atoms with Gasteiger partial charge in [-0.2, -0.15) is 10.1 Å². The van der Waals surface area contributed by atoms with E-state index in [4.69, 9.17) is 0 Å². The van der Waals surface area contributed by atoms with Crippen LogP contribution in [0.1, 0.15) is 19.4 Å². The summed E-state index contributed by atoms with van der Waals surface area (Å²) < 4.78 is 1.76. The quantitative estimate of drug-likeness (QED) is 0.597. The lowest BCUT2D eigenvalue weighted by Gasteiger charge is -2.21. The van der Waals surface area contributed by atoms with Gasteiger partial charge >= 0.3 is 0 Å². The Kier molecular flexibility index (Phi) is 2.90. The Labute approximate surface area is 99.6 Å². The first-order valence-electron chi connectivity index (χ1n) is 5.34. The van der Waals surface area contributed by atoms with Crippen LogP contribution in [0.4, 0.5) is 0 Å². The highest BCUT2D eigenvalue weighted by Gasteiger charge is 2.23. The van der Waals surface area contributed by atoms with Gasteiger partial charge in [0.15, 0.2) is 0 Å². The summed E-state index contributed by atoms with van der Waals surface area (Å²) in [6.07, 6.45) is 5.20. The van der Waals surface area contributed by atoms with E-state index >= 15 is 0 Å². The van der Waals surface area contributed by atoms with Gasteiger partial charge in [-0.05, 0) is 26.0 Å². The third-order valence-corrected chi connectivity index (χ3v) is 2.64. The van der Waals surface area contributed by atoms with Crippen LogP contribution >= 0.6 is 0 Å². The molecule has 0 amide bonds. The minimum Gasteiger partial charge on any atom is -0.241 e. The van der Waals surface area contributed by atoms with Gasteiger partial charge in [-0.25, -0.2) is 9.48 Å². The van der Waals surface area contributed by atoms with Crippen LogP contribution in [0, 0.1) is 0 Å². The molecule has 0 atom stereocenters. The highest BCUT2D eigenvalue weighted by molar-refractivity contribution is 5.46. The van der Waals surface area contributed by atoms with Gasteiger partial charge < -0.3 is 0 Å². The molecule has 4 nitrogen and oxygen atoms in total. The van der Waals surface area contributed by atoms with Crippen molar-refractivity contribution in [3.8, 4) is 5.69 Å². The molecule has 2 rings (SSSR count). The van der Waals surface area contributed by atoms with Gasteiger partial charge in [0.05, 0.1) is 11.2 Å². The lowest BCUT2D eigenvalue weighted by atomic mass is 9.93. The van der Waals surface area contributed by atoms with Crippen molar-refractivity contribution < 1.29 is 4.79 Å². The molecule has 0 saturated heterocycles. The summed E-state index contributed by atoms with van der Waals surface area (Å²) in [6.45, 7) is 3.75. The van der Waals surface area contributed by atoms with E-state index in [2.05, 4.69) is 10.1 Å². The molecule has 0 aliphatic carbocycles. The van der Waals surface area contributed by atoms with Gasteiger partial charge in [0.1, 0.15) is 0 Å². The summed E-state index contributed by atoms with van der Waals surface area (Å²) in [5, 5.41) is 4.20. The normalized spacial score (nSPS) is 10.9. The molecule has 1 heterocycles. The van der Waals surface area contributed by atoms with Crippen molar-refractivity contribution in [2.75, 3.05) is 0 Å². The lowest BCUT2D eigenvalue weighted by molar-refractivity contribution is 0.520. The molecule has 86 valence electrons. The topological polar surface area (TPSA) is 47.2 Å². The number of carbonyl (C=O) groups excluding carboxylic acids is 1. The molecule has 4 heteroatoms. The van der Waals surface area contributed by atoms with E-state index in [9.17, 15) is 4.79 Å². The molecule has 0 aliphatic heterocycles. The first kappa shape index (κ1) is 11.3. The van der Waals surface area contributed by atoms with Crippen molar-refractivity contribution in [3.05, 3.63) is 48.3 Å². The number of hydrogen-bond donors (Lipinski definition) is 0. The second-order valence-electron chi connectivity index (χ2n) is 4.23. The van der Waals surface area contributed by atoms with E-state index in [0.717, 1.165) is 11.3 Å². The van der Waals surface area contributed by atoms with Gasteiger partial charge in [-0.1, -0.05) is 18.2 Å². The van der Waals surface area contributed by atoms with Crippen LogP contribution in [0.3, 0.4) is 0 Å². The second-order valence-corrected chi connectivity index (χ2v) is 4.23. The van der Waals surface area contributed by atoms with E-state index in [-0.39, 0.29) is 0 Å². The first-order chi connectivity index (χ1) is 8.15. The number of rotatable bonds is 3. The number of isocyanates is 1. The van der Waals surface area contributed by atoms with E-state index in [1.807, 2.05) is 50.4 Å². The van der Waals surface area contributed by atoms with Crippen LogP contribution in [0.5, 0.6) is 0 Å². The Morgan fingerprint density at radius 3 is 2.71 bits per heavy atom. The fourth-order valence-corrected chi connectivity index (χ4v) is 1.78. The van der Waals surface area contributed by atoms with Crippen LogP contribution in [0.15, 0.2) is 47.7 Å². The molecule has 0 N–H and O–H groups in total. The van der Waals surface area contributed by atoms with Crippen molar-refractivity contribution in [2.24, 2.45) is 4.99 Å². The molecule has 0 bridgehead atoms. The molecule has 1 aromatic heterocycles. The van der Waals surface area contributed by atoms with Crippen LogP contribution in [-0.2, 0) is 10.3 Å². The average molecular weight is 227 g/mol. The second kappa shape index (κ2) is 4.36. The van der Waals surface area contributed by atoms with Crippen molar-refractivity contribution in [1.82, 2.24) is 9.78 Å². The number of benzene rings is 1. The molecule has 0 saturated carbocycles. The monoisotopic (exact) mass is 227 g/mol. The summed E-state index contributed by atoms with van der Waals surface area (Å²) in [7, 11) is 0. The Hall–Kier alpha value is -2.19. The minimum absolute atomic E-state index is 0.607. The van der Waals surface area contributed by atoms with Crippen LogP contribution in [0.25, 0.3) is 5.69 Å². The van der Waals surface area contributed by atoms with Crippen molar-refractivity contribution in [3.63, 3.8) is 0 Å². The summed E-state index contributed by atoms with van der Waals surface area (Å²) in [5.74, 6) is 0. The lowest BCUT2D eigenvalue weighted by Crippen LogP contribution is -2.17. The van der Waals surface area contributed by atoms with Crippen LogP contribution in [-0.4, -0.2) is 15.9 Å². The highest BCUT2D eigenvalue weighted by Crippen LogP contribution is 2.29. The molecule has 1 aromatic carbocycles. The molecule has 0 spiro atoms. The maximum Gasteiger partial charge on any atom is 0.235 e. The van der Waals surface area contributed by atoms with E-state index in [1.54, 1.807) is 17.0 Å². The number of aliphatic imine (C=N–C) groups is 1. The fourth-order valence-electron chi connectivity index (χ4n) is 1.78. The first-order valence-corrected chi connectivity index (χ1v) is 5.34. The van der Waals surface area contributed by atoms with Gasteiger partial charge in [-0.3, -0.25) is 0 Å². The fraction of sp³-hybridized carbons (Fsp3) is 0.231. The number of para-hydroxylation sites is 1. The SMILES string of the molecule is CC(C)(N=C=O)c1ccccc1-n1cccn1. The third kappa shape index (κ3) is 2.17. The number of aromatic nitrogens is 2. The zero-order valence-electron chi connectivity index (χ0n) is 9.79. The Morgan fingerprint density at radius 2 is 2.06 bits per heavy atom. The number of hydrogen-bond acceptors (Lipinski definition) is 3. The molecule has 0 radical (unpaired) electrons. The zero-order valence-corrected chi connectivity index (χ0v) is 9.79. The number of nitrogens with zero attached hydrogens (tertiary/aromatic N) is 3. The third-order valence-electron chi connectivity index (χ3n) is 2.64. The van der Waals surface area contributed by atoms with Crippen LogP contribution < -0.4 is 0 Å². The van der Waals surface area contributed by atoms with Crippen molar-refractivity contribution in [2.45, 2.75) is 19.4 Å². The van der Waals surface area contributed by atoms with E-state index in [1.165, 1.54) is 0 Å². The molecule has 0 fully saturated rings. The predicted molar refractivity (Wildman–Crippen MR) is 64.7 cm³/mol. The molecular formula is C13H13N3O. The molecule has 2 aromatic rings. The van der Waals surface area contributed by atoms with Gasteiger partial charge in [0.2, 0.25) is 6.08 Å². The standard InChI is InChI=1S/C13H13N3O/c1-13(2,14-10-17)11-6-3-4-7-12(11)16-9-5-8-15-16/h3-9H,1-2H3. The highest BCUT2D eigenvalue weighted by atomic mass is 16.1. The summed E-state index contributed by atoms with van der Waals surface area (Å²) in [5.41, 5.74) is 1.25. The van der Waals surface area contributed by atoms with Crippen molar-refractivity contribution in [1.29, 1.82) is 0 Å². The molecule has 0 unspecified atom stereocenters. The molecular weight excluding hydrogens is 214 g/mol. The summed E-state index contributed by atoms with van der Waals surface area (Å²) in [4.78, 5) is 14.3. The Balaban J connectivity index is 2.59. The van der Waals surface area contributed by atoms with Crippen LogP contribution in [0.2, 0.25) is 0 Å². The zero-order chi connectivity index (χ0) is 12.3. The largest absolute Gasteiger partial charge is 0.241 e. The molecule has 17 heavy (non-hydrogen) atoms. The van der Waals surface area contributed by atoms with Gasteiger partial charge in [0.25, 0.3) is 0 Å². The van der Waals surface area contributed by atoms with E-state index in [0.29, 0.717) is 0 Å². The van der Waals surface area contributed by atoms with Gasteiger partial charge in [0, 0.05) is 18.0 Å². The maximum absolute atomic E-state index is 10.5. The smallest absolute Gasteiger partial charge is 0.235 e.